The summed E-state index contributed by atoms with van der Waals surface area (Å²) >= 11 is 1.38. The first-order valence-electron chi connectivity index (χ1n) is 7.69. The van der Waals surface area contributed by atoms with Gasteiger partial charge in [-0.05, 0) is 32.2 Å². The van der Waals surface area contributed by atoms with Crippen LogP contribution in [0, 0.1) is 5.92 Å². The highest BCUT2D eigenvalue weighted by atomic mass is 32.1. The number of rotatable bonds is 5. The van der Waals surface area contributed by atoms with Crippen molar-refractivity contribution in [3.8, 4) is 0 Å². The van der Waals surface area contributed by atoms with Crippen molar-refractivity contribution < 1.29 is 14.4 Å². The van der Waals surface area contributed by atoms with E-state index >= 15 is 0 Å². The van der Waals surface area contributed by atoms with E-state index in [1.807, 2.05) is 32.2 Å². The molecule has 1 atom stereocenters. The van der Waals surface area contributed by atoms with Gasteiger partial charge in [-0.1, -0.05) is 6.07 Å². The Labute approximate surface area is 140 Å². The number of nitrogens with zero attached hydrogens (tertiary/aromatic N) is 1. The van der Waals surface area contributed by atoms with Crippen LogP contribution in [-0.2, 0) is 9.59 Å². The SMILES string of the molecule is CC(C)(C)N1CC(C(=O)NCCNC(=O)c2cccs2)CC1=O. The van der Waals surface area contributed by atoms with Crippen molar-refractivity contribution in [3.63, 3.8) is 0 Å². The van der Waals surface area contributed by atoms with Gasteiger partial charge in [0, 0.05) is 31.6 Å². The van der Waals surface area contributed by atoms with E-state index in [1.54, 1.807) is 11.0 Å². The second-order valence-corrected chi connectivity index (χ2v) is 7.55. The number of hydrogen-bond acceptors (Lipinski definition) is 4. The second-order valence-electron chi connectivity index (χ2n) is 6.60. The predicted octanol–water partition coefficient (Wildman–Crippen LogP) is 1.24. The van der Waals surface area contributed by atoms with E-state index in [0.29, 0.717) is 24.5 Å². The van der Waals surface area contributed by atoms with Gasteiger partial charge in [0.1, 0.15) is 0 Å². The Kier molecular flexibility index (Phi) is 5.41. The van der Waals surface area contributed by atoms with Gasteiger partial charge in [-0.25, -0.2) is 0 Å². The van der Waals surface area contributed by atoms with Gasteiger partial charge in [-0.2, -0.15) is 0 Å². The van der Waals surface area contributed by atoms with Crippen LogP contribution in [0.4, 0.5) is 0 Å². The summed E-state index contributed by atoms with van der Waals surface area (Å²) in [6.45, 7) is 7.07. The molecule has 3 amide bonds. The molecule has 0 saturated carbocycles. The lowest BCUT2D eigenvalue weighted by molar-refractivity contribution is -0.132. The summed E-state index contributed by atoms with van der Waals surface area (Å²) in [5, 5.41) is 7.38. The lowest BCUT2D eigenvalue weighted by Crippen LogP contribution is -2.43. The fraction of sp³-hybridized carbons (Fsp3) is 0.562. The summed E-state index contributed by atoms with van der Waals surface area (Å²) in [5.74, 6) is -0.557. The van der Waals surface area contributed by atoms with Gasteiger partial charge in [0.2, 0.25) is 11.8 Å². The topological polar surface area (TPSA) is 78.5 Å². The van der Waals surface area contributed by atoms with Crippen LogP contribution in [0.25, 0.3) is 0 Å². The molecule has 1 saturated heterocycles. The first-order valence-corrected chi connectivity index (χ1v) is 8.57. The van der Waals surface area contributed by atoms with Crippen molar-refractivity contribution in [3.05, 3.63) is 22.4 Å². The van der Waals surface area contributed by atoms with Crippen molar-refractivity contribution in [1.82, 2.24) is 15.5 Å². The van der Waals surface area contributed by atoms with Gasteiger partial charge in [0.25, 0.3) is 5.91 Å². The van der Waals surface area contributed by atoms with Gasteiger partial charge in [0.15, 0.2) is 0 Å². The number of nitrogens with one attached hydrogen (secondary N) is 2. The van der Waals surface area contributed by atoms with Crippen molar-refractivity contribution in [2.75, 3.05) is 19.6 Å². The van der Waals surface area contributed by atoms with Crippen molar-refractivity contribution in [2.24, 2.45) is 5.92 Å². The molecule has 1 aromatic heterocycles. The van der Waals surface area contributed by atoms with Crippen LogP contribution in [0.3, 0.4) is 0 Å². The Balaban J connectivity index is 1.71. The molecule has 0 radical (unpaired) electrons. The molecule has 23 heavy (non-hydrogen) atoms. The van der Waals surface area contributed by atoms with E-state index in [-0.39, 0.29) is 35.6 Å². The normalized spacial score (nSPS) is 18.1. The molecule has 0 spiro atoms. The molecule has 1 fully saturated rings. The summed E-state index contributed by atoms with van der Waals surface area (Å²) in [7, 11) is 0. The van der Waals surface area contributed by atoms with Gasteiger partial charge in [-0.3, -0.25) is 14.4 Å². The summed E-state index contributed by atoms with van der Waals surface area (Å²) in [4.78, 5) is 38.2. The molecular weight excluding hydrogens is 314 g/mol. The van der Waals surface area contributed by atoms with Crippen molar-refractivity contribution >= 4 is 29.1 Å². The van der Waals surface area contributed by atoms with Crippen LogP contribution in [0.2, 0.25) is 0 Å². The van der Waals surface area contributed by atoms with E-state index in [1.165, 1.54) is 11.3 Å². The minimum Gasteiger partial charge on any atom is -0.354 e. The second kappa shape index (κ2) is 7.12. The third-order valence-electron chi connectivity index (χ3n) is 3.76. The Morgan fingerprint density at radius 1 is 1.30 bits per heavy atom. The molecule has 2 heterocycles. The molecule has 1 aliphatic heterocycles. The Bertz CT molecular complexity index is 578. The van der Waals surface area contributed by atoms with Crippen LogP contribution < -0.4 is 10.6 Å². The lowest BCUT2D eigenvalue weighted by atomic mass is 10.1. The number of hydrogen-bond donors (Lipinski definition) is 2. The van der Waals surface area contributed by atoms with Crippen LogP contribution in [0.15, 0.2) is 17.5 Å². The fourth-order valence-corrected chi connectivity index (χ4v) is 3.17. The molecule has 1 unspecified atom stereocenters. The van der Waals surface area contributed by atoms with E-state index in [4.69, 9.17) is 0 Å². The van der Waals surface area contributed by atoms with Crippen molar-refractivity contribution in [1.29, 1.82) is 0 Å². The highest BCUT2D eigenvalue weighted by Crippen LogP contribution is 2.25. The lowest BCUT2D eigenvalue weighted by Gasteiger charge is -2.31. The zero-order valence-electron chi connectivity index (χ0n) is 13.7. The minimum absolute atomic E-state index is 0.0173. The maximum atomic E-state index is 12.1. The number of amides is 3. The number of thiophene rings is 1. The van der Waals surface area contributed by atoms with Crippen LogP contribution >= 0.6 is 11.3 Å². The van der Waals surface area contributed by atoms with E-state index in [9.17, 15) is 14.4 Å². The Morgan fingerprint density at radius 2 is 2.00 bits per heavy atom. The van der Waals surface area contributed by atoms with Crippen LogP contribution in [-0.4, -0.2) is 47.8 Å². The maximum absolute atomic E-state index is 12.1. The molecule has 0 bridgehead atoms. The number of likely N-dealkylation sites (tertiary alicyclic amines) is 1. The zero-order valence-corrected chi connectivity index (χ0v) is 14.5. The summed E-state index contributed by atoms with van der Waals surface area (Å²) < 4.78 is 0. The van der Waals surface area contributed by atoms with Crippen LogP contribution in [0.1, 0.15) is 36.9 Å². The third-order valence-corrected chi connectivity index (χ3v) is 4.63. The molecule has 0 aliphatic carbocycles. The predicted molar refractivity (Wildman–Crippen MR) is 89.2 cm³/mol. The number of carbonyl (C=O) groups excluding carboxylic acids is 3. The maximum Gasteiger partial charge on any atom is 0.261 e. The molecule has 1 aliphatic rings. The highest BCUT2D eigenvalue weighted by molar-refractivity contribution is 7.12. The average molecular weight is 337 g/mol. The van der Waals surface area contributed by atoms with Crippen molar-refractivity contribution in [2.45, 2.75) is 32.7 Å². The molecule has 0 aromatic carbocycles. The monoisotopic (exact) mass is 337 g/mol. The van der Waals surface area contributed by atoms with Gasteiger partial charge in [0.05, 0.1) is 10.8 Å². The van der Waals surface area contributed by atoms with Crippen LogP contribution in [0.5, 0.6) is 0 Å². The molecule has 2 rings (SSSR count). The fourth-order valence-electron chi connectivity index (χ4n) is 2.53. The van der Waals surface area contributed by atoms with E-state index in [2.05, 4.69) is 10.6 Å². The van der Waals surface area contributed by atoms with Gasteiger partial charge >= 0.3 is 0 Å². The first-order chi connectivity index (χ1) is 10.8. The standard InChI is InChI=1S/C16H23N3O3S/c1-16(2,3)19-10-11(9-13(19)20)14(21)17-6-7-18-15(22)12-5-4-8-23-12/h4-5,8,11H,6-7,9-10H2,1-3H3,(H,17,21)(H,18,22). The van der Waals surface area contributed by atoms with Gasteiger partial charge < -0.3 is 15.5 Å². The minimum atomic E-state index is -0.310. The van der Waals surface area contributed by atoms with Gasteiger partial charge in [-0.15, -0.1) is 11.3 Å². The molecule has 126 valence electrons. The Hall–Kier alpha value is -1.89. The largest absolute Gasteiger partial charge is 0.354 e. The first kappa shape index (κ1) is 17.5. The summed E-state index contributed by atoms with van der Waals surface area (Å²) in [6.07, 6.45) is 0.255. The smallest absolute Gasteiger partial charge is 0.261 e. The molecular formula is C16H23N3O3S. The average Bonchev–Trinajstić information content (AvgIpc) is 3.11. The molecule has 7 heteroatoms. The summed E-state index contributed by atoms with van der Waals surface area (Å²) in [5.41, 5.74) is -0.263. The number of carbonyl (C=O) groups is 3. The third kappa shape index (κ3) is 4.54. The molecule has 1 aromatic rings. The van der Waals surface area contributed by atoms with E-state index in [0.717, 1.165) is 0 Å². The zero-order chi connectivity index (χ0) is 17.0. The Morgan fingerprint density at radius 3 is 2.57 bits per heavy atom. The highest BCUT2D eigenvalue weighted by Gasteiger charge is 2.39. The molecule has 6 nitrogen and oxygen atoms in total. The molecule has 2 N–H and O–H groups in total. The quantitative estimate of drug-likeness (QED) is 0.794. The summed E-state index contributed by atoms with van der Waals surface area (Å²) in [6, 6.07) is 3.57. The van der Waals surface area contributed by atoms with E-state index < -0.39 is 0 Å².